The summed E-state index contributed by atoms with van der Waals surface area (Å²) in [4.78, 5) is 18.6. The Labute approximate surface area is 110 Å². The summed E-state index contributed by atoms with van der Waals surface area (Å²) < 4.78 is 0. The number of hydrogen-bond acceptors (Lipinski definition) is 5. The molecular weight excluding hydrogens is 256 g/mol. The summed E-state index contributed by atoms with van der Waals surface area (Å²) >= 11 is 5.78. The maximum absolute atomic E-state index is 10.6. The zero-order chi connectivity index (χ0) is 13.0. The maximum Gasteiger partial charge on any atom is 0.309 e. The minimum atomic E-state index is -0.933. The number of nitrogens with one attached hydrogen (secondary N) is 2. The Kier molecular flexibility index (Phi) is 4.33. The Morgan fingerprint density at radius 1 is 1.50 bits per heavy atom. The van der Waals surface area contributed by atoms with Gasteiger partial charge in [0.25, 0.3) is 0 Å². The van der Waals surface area contributed by atoms with Gasteiger partial charge in [-0.2, -0.15) is 0 Å². The van der Waals surface area contributed by atoms with Gasteiger partial charge in [0.1, 0.15) is 5.82 Å². The molecule has 0 unspecified atom stereocenters. The van der Waals surface area contributed by atoms with Crippen molar-refractivity contribution in [1.82, 2.24) is 15.3 Å². The lowest BCUT2D eigenvalue weighted by molar-refractivity contribution is -0.136. The predicted molar refractivity (Wildman–Crippen MR) is 67.9 cm³/mol. The van der Waals surface area contributed by atoms with Crippen LogP contribution in [0.1, 0.15) is 18.5 Å². The van der Waals surface area contributed by atoms with Crippen molar-refractivity contribution in [2.75, 3.05) is 18.4 Å². The van der Waals surface area contributed by atoms with E-state index >= 15 is 0 Å². The van der Waals surface area contributed by atoms with E-state index in [1.807, 2.05) is 0 Å². The van der Waals surface area contributed by atoms with Crippen molar-refractivity contribution < 1.29 is 9.90 Å². The molecule has 0 bridgehead atoms. The second-order valence-electron chi connectivity index (χ2n) is 4.25. The Morgan fingerprint density at radius 3 is 2.89 bits per heavy atom. The molecule has 0 radical (unpaired) electrons. The number of carboxylic acids is 1. The number of nitrogens with zero attached hydrogens (tertiary/aromatic N) is 2. The van der Waals surface area contributed by atoms with Gasteiger partial charge < -0.3 is 15.7 Å². The average Bonchev–Trinajstić information content (AvgIpc) is 2.28. The Bertz CT molecular complexity index is 435. The standard InChI is InChI=1S/C11H15ClN4O2/c12-11-15-8(6-10(17)18)5-9(16-11)14-7-1-3-13-4-2-7/h5,7,13H,1-4,6H2,(H,17,18)(H,14,15,16). The number of carbonyl (C=O) groups is 1. The smallest absolute Gasteiger partial charge is 0.309 e. The zero-order valence-electron chi connectivity index (χ0n) is 9.82. The van der Waals surface area contributed by atoms with Gasteiger partial charge in [-0.3, -0.25) is 4.79 Å². The molecule has 18 heavy (non-hydrogen) atoms. The van der Waals surface area contributed by atoms with Crippen LogP contribution in [0.5, 0.6) is 0 Å². The van der Waals surface area contributed by atoms with Gasteiger partial charge in [0.15, 0.2) is 0 Å². The van der Waals surface area contributed by atoms with Gasteiger partial charge in [-0.05, 0) is 37.5 Å². The van der Waals surface area contributed by atoms with Crippen LogP contribution in [-0.2, 0) is 11.2 Å². The molecule has 1 aliphatic heterocycles. The predicted octanol–water partition coefficient (Wildman–Crippen LogP) is 0.921. The summed E-state index contributed by atoms with van der Waals surface area (Å²) in [6, 6.07) is 1.98. The van der Waals surface area contributed by atoms with Gasteiger partial charge in [0.2, 0.25) is 5.28 Å². The van der Waals surface area contributed by atoms with Gasteiger partial charge in [-0.15, -0.1) is 0 Å². The summed E-state index contributed by atoms with van der Waals surface area (Å²) in [5.74, 6) is -0.337. The fourth-order valence-electron chi connectivity index (χ4n) is 1.96. The van der Waals surface area contributed by atoms with Crippen molar-refractivity contribution in [3.05, 3.63) is 17.0 Å². The summed E-state index contributed by atoms with van der Waals surface area (Å²) in [7, 11) is 0. The van der Waals surface area contributed by atoms with E-state index in [0.717, 1.165) is 25.9 Å². The van der Waals surface area contributed by atoms with Crippen LogP contribution < -0.4 is 10.6 Å². The third kappa shape index (κ3) is 3.82. The third-order valence-corrected chi connectivity index (χ3v) is 2.94. The van der Waals surface area contributed by atoms with Crippen LogP contribution in [-0.4, -0.2) is 40.2 Å². The molecule has 1 saturated heterocycles. The summed E-state index contributed by atoms with van der Waals surface area (Å²) in [5.41, 5.74) is 0.416. The number of anilines is 1. The first kappa shape index (κ1) is 13.0. The molecular formula is C11H15ClN4O2. The van der Waals surface area contributed by atoms with Gasteiger partial charge in [-0.25, -0.2) is 9.97 Å². The normalized spacial score (nSPS) is 16.5. The van der Waals surface area contributed by atoms with E-state index in [-0.39, 0.29) is 11.7 Å². The van der Waals surface area contributed by atoms with Crippen LogP contribution in [0.2, 0.25) is 5.28 Å². The number of piperidine rings is 1. The molecule has 1 fully saturated rings. The van der Waals surface area contributed by atoms with E-state index in [9.17, 15) is 4.79 Å². The minimum Gasteiger partial charge on any atom is -0.481 e. The van der Waals surface area contributed by atoms with E-state index in [4.69, 9.17) is 16.7 Å². The number of hydrogen-bond donors (Lipinski definition) is 3. The summed E-state index contributed by atoms with van der Waals surface area (Å²) in [6.45, 7) is 1.94. The molecule has 98 valence electrons. The van der Waals surface area contributed by atoms with E-state index in [2.05, 4.69) is 20.6 Å². The number of halogens is 1. The number of aromatic nitrogens is 2. The van der Waals surface area contributed by atoms with Crippen LogP contribution >= 0.6 is 11.6 Å². The molecule has 1 aromatic heterocycles. The lowest BCUT2D eigenvalue weighted by Crippen LogP contribution is -2.35. The van der Waals surface area contributed by atoms with Crippen LogP contribution in [0, 0.1) is 0 Å². The fourth-order valence-corrected chi connectivity index (χ4v) is 2.16. The molecule has 1 aliphatic rings. The van der Waals surface area contributed by atoms with Crippen LogP contribution in [0.15, 0.2) is 6.07 Å². The van der Waals surface area contributed by atoms with E-state index < -0.39 is 5.97 Å². The quantitative estimate of drug-likeness (QED) is 0.706. The monoisotopic (exact) mass is 270 g/mol. The van der Waals surface area contributed by atoms with Crippen LogP contribution in [0.4, 0.5) is 5.82 Å². The third-order valence-electron chi connectivity index (χ3n) is 2.78. The zero-order valence-corrected chi connectivity index (χ0v) is 10.6. The lowest BCUT2D eigenvalue weighted by Gasteiger charge is -2.24. The van der Waals surface area contributed by atoms with Crippen molar-refractivity contribution in [2.24, 2.45) is 0 Å². The maximum atomic E-state index is 10.6. The molecule has 1 aromatic rings. The van der Waals surface area contributed by atoms with E-state index in [0.29, 0.717) is 17.6 Å². The SMILES string of the molecule is O=C(O)Cc1cc(NC2CCNCC2)nc(Cl)n1. The molecule has 0 aliphatic carbocycles. The highest BCUT2D eigenvalue weighted by atomic mass is 35.5. The number of rotatable bonds is 4. The minimum absolute atomic E-state index is 0.0742. The molecule has 3 N–H and O–H groups in total. The van der Waals surface area contributed by atoms with Crippen molar-refractivity contribution in [1.29, 1.82) is 0 Å². The molecule has 2 heterocycles. The largest absolute Gasteiger partial charge is 0.481 e. The van der Waals surface area contributed by atoms with Crippen LogP contribution in [0.3, 0.4) is 0 Å². The molecule has 2 rings (SSSR count). The molecule has 0 atom stereocenters. The molecule has 0 spiro atoms. The number of aliphatic carboxylic acids is 1. The first-order valence-electron chi connectivity index (χ1n) is 5.86. The Morgan fingerprint density at radius 2 is 2.22 bits per heavy atom. The average molecular weight is 271 g/mol. The first-order valence-corrected chi connectivity index (χ1v) is 6.24. The second-order valence-corrected chi connectivity index (χ2v) is 4.59. The molecule has 7 heteroatoms. The first-order chi connectivity index (χ1) is 8.63. The summed E-state index contributed by atoms with van der Waals surface area (Å²) in [6.07, 6.45) is 1.87. The van der Waals surface area contributed by atoms with Crippen molar-refractivity contribution in [3.8, 4) is 0 Å². The van der Waals surface area contributed by atoms with Gasteiger partial charge in [0.05, 0.1) is 12.1 Å². The Hall–Kier alpha value is -1.40. The van der Waals surface area contributed by atoms with E-state index in [1.54, 1.807) is 6.07 Å². The summed E-state index contributed by atoms with van der Waals surface area (Å²) in [5, 5.41) is 15.4. The fraction of sp³-hybridized carbons (Fsp3) is 0.545. The highest BCUT2D eigenvalue weighted by molar-refractivity contribution is 6.28. The van der Waals surface area contributed by atoms with Crippen LogP contribution in [0.25, 0.3) is 0 Å². The van der Waals surface area contributed by atoms with Crippen molar-refractivity contribution in [3.63, 3.8) is 0 Å². The highest BCUT2D eigenvalue weighted by Gasteiger charge is 2.14. The molecule has 0 saturated carbocycles. The van der Waals surface area contributed by atoms with Gasteiger partial charge in [0, 0.05) is 12.1 Å². The van der Waals surface area contributed by atoms with Gasteiger partial charge in [-0.1, -0.05) is 0 Å². The lowest BCUT2D eigenvalue weighted by atomic mass is 10.1. The molecule has 0 amide bonds. The molecule has 0 aromatic carbocycles. The Balaban J connectivity index is 2.06. The highest BCUT2D eigenvalue weighted by Crippen LogP contribution is 2.15. The van der Waals surface area contributed by atoms with Crippen molar-refractivity contribution >= 4 is 23.4 Å². The van der Waals surface area contributed by atoms with Gasteiger partial charge >= 0.3 is 5.97 Å². The van der Waals surface area contributed by atoms with E-state index in [1.165, 1.54) is 0 Å². The molecule has 6 nitrogen and oxygen atoms in total. The van der Waals surface area contributed by atoms with Crippen molar-refractivity contribution in [2.45, 2.75) is 25.3 Å². The second kappa shape index (κ2) is 5.97. The number of carboxylic acid groups (broad SMARTS) is 1. The topological polar surface area (TPSA) is 87.1 Å².